The number of pyridine rings is 2. The molecule has 9 heteroatoms. The van der Waals surface area contributed by atoms with E-state index in [0.29, 0.717) is 17.8 Å². The second kappa shape index (κ2) is 5.90. The molecule has 0 spiro atoms. The molecule has 21 heavy (non-hydrogen) atoms. The zero-order valence-corrected chi connectivity index (χ0v) is 11.6. The van der Waals surface area contributed by atoms with Crippen molar-refractivity contribution in [3.05, 3.63) is 46.7 Å². The van der Waals surface area contributed by atoms with Crippen molar-refractivity contribution in [3.8, 4) is 0 Å². The third-order valence-electron chi connectivity index (χ3n) is 2.30. The number of aromatic nitrogens is 2. The maximum absolute atomic E-state index is 12.7. The van der Waals surface area contributed by atoms with Crippen molar-refractivity contribution in [2.24, 2.45) is 0 Å². The molecule has 4 nitrogen and oxygen atoms in total. The Morgan fingerprint density at radius 2 is 1.95 bits per heavy atom. The molecule has 0 bridgehead atoms. The maximum atomic E-state index is 12.7. The van der Waals surface area contributed by atoms with E-state index in [4.69, 9.17) is 16.7 Å². The van der Waals surface area contributed by atoms with E-state index in [9.17, 15) is 18.0 Å². The number of alkyl halides is 3. The van der Waals surface area contributed by atoms with Gasteiger partial charge in [0.2, 0.25) is 0 Å². The topological polar surface area (TPSA) is 63.1 Å². The van der Waals surface area contributed by atoms with E-state index in [0.717, 1.165) is 6.07 Å². The molecule has 0 aliphatic heterocycles. The predicted molar refractivity (Wildman–Crippen MR) is 69.6 cm³/mol. The van der Waals surface area contributed by atoms with E-state index >= 15 is 0 Å². The minimum Gasteiger partial charge on any atom is -0.478 e. The number of carboxylic acids is 1. The van der Waals surface area contributed by atoms with Crippen LogP contribution < -0.4 is 0 Å². The van der Waals surface area contributed by atoms with Gasteiger partial charge >= 0.3 is 12.1 Å². The molecule has 0 saturated heterocycles. The summed E-state index contributed by atoms with van der Waals surface area (Å²) < 4.78 is 38.0. The minimum absolute atomic E-state index is 0.175. The highest BCUT2D eigenvalue weighted by Gasteiger charge is 2.33. The van der Waals surface area contributed by atoms with Gasteiger partial charge in [0.05, 0.1) is 10.6 Å². The van der Waals surface area contributed by atoms with Crippen molar-refractivity contribution < 1.29 is 23.1 Å². The van der Waals surface area contributed by atoms with Gasteiger partial charge in [-0.25, -0.2) is 14.8 Å². The molecular weight excluding hydrogens is 329 g/mol. The standard InChI is InChI=1S/C12H6ClF3N2O2S/c13-7-2-1-5-17-10(7)21-9-6(11(19)20)3-4-8(18-9)12(14,15)16/h1-5H,(H,19,20). The van der Waals surface area contributed by atoms with Crippen LogP contribution >= 0.6 is 23.4 Å². The van der Waals surface area contributed by atoms with Crippen molar-refractivity contribution in [3.63, 3.8) is 0 Å². The monoisotopic (exact) mass is 334 g/mol. The van der Waals surface area contributed by atoms with Crippen LogP contribution in [0.5, 0.6) is 0 Å². The van der Waals surface area contributed by atoms with Crippen molar-refractivity contribution >= 4 is 29.3 Å². The fourth-order valence-corrected chi connectivity index (χ4v) is 2.49. The number of nitrogens with zero attached hydrogens (tertiary/aromatic N) is 2. The fraction of sp³-hybridized carbons (Fsp3) is 0.0833. The molecule has 0 amide bonds. The summed E-state index contributed by atoms with van der Waals surface area (Å²) in [7, 11) is 0. The first-order valence-electron chi connectivity index (χ1n) is 5.39. The summed E-state index contributed by atoms with van der Waals surface area (Å²) in [5, 5.41) is 9.06. The quantitative estimate of drug-likeness (QED) is 0.919. The van der Waals surface area contributed by atoms with E-state index < -0.39 is 17.8 Å². The third-order valence-corrected chi connectivity index (χ3v) is 3.74. The molecule has 0 fully saturated rings. The van der Waals surface area contributed by atoms with E-state index in [1.807, 2.05) is 0 Å². The Labute approximate surface area is 126 Å². The number of hydrogen-bond acceptors (Lipinski definition) is 4. The summed E-state index contributed by atoms with van der Waals surface area (Å²) in [5.74, 6) is -1.38. The second-order valence-electron chi connectivity index (χ2n) is 3.74. The van der Waals surface area contributed by atoms with Gasteiger partial charge < -0.3 is 5.11 Å². The van der Waals surface area contributed by atoms with Gasteiger partial charge in [-0.2, -0.15) is 13.2 Å². The molecule has 2 aromatic rings. The molecule has 1 N–H and O–H groups in total. The van der Waals surface area contributed by atoms with Crippen molar-refractivity contribution in [1.82, 2.24) is 9.97 Å². The van der Waals surface area contributed by atoms with Gasteiger partial charge in [0.15, 0.2) is 0 Å². The van der Waals surface area contributed by atoms with E-state index in [1.54, 1.807) is 6.07 Å². The van der Waals surface area contributed by atoms with Crippen molar-refractivity contribution in [2.45, 2.75) is 16.2 Å². The second-order valence-corrected chi connectivity index (χ2v) is 5.13. The van der Waals surface area contributed by atoms with Gasteiger partial charge in [0.25, 0.3) is 0 Å². The van der Waals surface area contributed by atoms with Crippen LogP contribution in [0.1, 0.15) is 16.1 Å². The predicted octanol–water partition coefficient (Wildman–Crippen LogP) is 4.00. The Kier molecular flexibility index (Phi) is 4.38. The maximum Gasteiger partial charge on any atom is 0.433 e. The van der Waals surface area contributed by atoms with Crippen molar-refractivity contribution in [1.29, 1.82) is 0 Å². The number of carboxylic acid groups (broad SMARTS) is 1. The molecule has 0 aromatic carbocycles. The first-order chi connectivity index (χ1) is 9.79. The summed E-state index contributed by atoms with van der Waals surface area (Å²) in [5.41, 5.74) is -1.53. The Bertz CT molecular complexity index is 694. The zero-order chi connectivity index (χ0) is 15.6. The zero-order valence-electron chi connectivity index (χ0n) is 10.1. The number of aromatic carboxylic acids is 1. The van der Waals surface area contributed by atoms with Gasteiger partial charge in [-0.05, 0) is 36.0 Å². The van der Waals surface area contributed by atoms with E-state index in [-0.39, 0.29) is 20.6 Å². The number of rotatable bonds is 3. The number of hydrogen-bond donors (Lipinski definition) is 1. The normalized spacial score (nSPS) is 11.4. The van der Waals surface area contributed by atoms with Crippen LogP contribution in [0.3, 0.4) is 0 Å². The molecular formula is C12H6ClF3N2O2S. The van der Waals surface area contributed by atoms with Crippen molar-refractivity contribution in [2.75, 3.05) is 0 Å². The largest absolute Gasteiger partial charge is 0.478 e. The summed E-state index contributed by atoms with van der Waals surface area (Å²) in [4.78, 5) is 18.3. The Hall–Kier alpha value is -1.80. The van der Waals surface area contributed by atoms with Crippen LogP contribution in [0.15, 0.2) is 40.5 Å². The van der Waals surface area contributed by atoms with E-state index in [1.165, 1.54) is 12.3 Å². The third kappa shape index (κ3) is 3.64. The molecule has 2 aromatic heterocycles. The average molecular weight is 335 g/mol. The van der Waals surface area contributed by atoms with Crippen LogP contribution in [0.25, 0.3) is 0 Å². The number of carbonyl (C=O) groups is 1. The van der Waals surface area contributed by atoms with E-state index in [2.05, 4.69) is 9.97 Å². The first-order valence-corrected chi connectivity index (χ1v) is 6.58. The van der Waals surface area contributed by atoms with Crippen LogP contribution in [-0.4, -0.2) is 21.0 Å². The lowest BCUT2D eigenvalue weighted by Crippen LogP contribution is -2.11. The van der Waals surface area contributed by atoms with Crippen LogP contribution in [0, 0.1) is 0 Å². The molecule has 0 atom stereocenters. The van der Waals surface area contributed by atoms with Gasteiger partial charge in [-0.3, -0.25) is 0 Å². The Balaban J connectivity index is 2.49. The SMILES string of the molecule is O=C(O)c1ccc(C(F)(F)F)nc1Sc1ncccc1Cl. The Morgan fingerprint density at radius 1 is 1.24 bits per heavy atom. The highest BCUT2D eigenvalue weighted by atomic mass is 35.5. The molecule has 0 saturated carbocycles. The number of halogens is 4. The lowest BCUT2D eigenvalue weighted by atomic mass is 10.2. The summed E-state index contributed by atoms with van der Waals surface area (Å²) in [6.45, 7) is 0. The average Bonchev–Trinajstić information content (AvgIpc) is 2.40. The van der Waals surface area contributed by atoms with Gasteiger partial charge in [0.1, 0.15) is 15.7 Å². The molecule has 2 rings (SSSR count). The molecule has 110 valence electrons. The van der Waals surface area contributed by atoms with Gasteiger partial charge in [0, 0.05) is 6.20 Å². The summed E-state index contributed by atoms with van der Waals surface area (Å²) >= 11 is 6.52. The summed E-state index contributed by atoms with van der Waals surface area (Å²) in [6.07, 6.45) is -3.28. The molecule has 2 heterocycles. The van der Waals surface area contributed by atoms with Crippen LogP contribution in [0.2, 0.25) is 5.02 Å². The molecule has 0 unspecified atom stereocenters. The van der Waals surface area contributed by atoms with Crippen LogP contribution in [0.4, 0.5) is 13.2 Å². The Morgan fingerprint density at radius 3 is 2.52 bits per heavy atom. The molecule has 0 aliphatic rings. The molecule has 0 radical (unpaired) electrons. The smallest absolute Gasteiger partial charge is 0.433 e. The highest BCUT2D eigenvalue weighted by molar-refractivity contribution is 7.99. The van der Waals surface area contributed by atoms with Gasteiger partial charge in [-0.15, -0.1) is 0 Å². The lowest BCUT2D eigenvalue weighted by Gasteiger charge is -2.10. The van der Waals surface area contributed by atoms with Gasteiger partial charge in [-0.1, -0.05) is 11.6 Å². The first kappa shape index (κ1) is 15.6. The van der Waals surface area contributed by atoms with Crippen LogP contribution in [-0.2, 0) is 6.18 Å². The lowest BCUT2D eigenvalue weighted by molar-refractivity contribution is -0.141. The summed E-state index contributed by atoms with van der Waals surface area (Å²) in [6, 6.07) is 4.51. The molecule has 0 aliphatic carbocycles. The minimum atomic E-state index is -4.67. The highest BCUT2D eigenvalue weighted by Crippen LogP contribution is 2.35. The fourth-order valence-electron chi connectivity index (χ4n) is 1.38.